The molecule has 1 aromatic carbocycles. The summed E-state index contributed by atoms with van der Waals surface area (Å²) < 4.78 is 15.3. The van der Waals surface area contributed by atoms with Crippen LogP contribution in [0.4, 0.5) is 4.39 Å². The molecule has 3 rings (SSSR count). The van der Waals surface area contributed by atoms with Gasteiger partial charge in [0.2, 0.25) is 5.95 Å². The lowest BCUT2D eigenvalue weighted by atomic mass is 10.0. The maximum atomic E-state index is 13.4. The van der Waals surface area contributed by atoms with E-state index in [1.54, 1.807) is 6.07 Å². The maximum Gasteiger partial charge on any atom is 0.213 e. The number of halogens is 1. The number of nitrogens with zero attached hydrogens (tertiary/aromatic N) is 4. The van der Waals surface area contributed by atoms with Crippen molar-refractivity contribution < 1.29 is 9.18 Å². The van der Waals surface area contributed by atoms with Gasteiger partial charge < -0.3 is 4.57 Å². The minimum Gasteiger partial charge on any atom is -0.302 e. The van der Waals surface area contributed by atoms with Crippen molar-refractivity contribution in [3.8, 4) is 11.4 Å². The number of benzene rings is 1. The van der Waals surface area contributed by atoms with Crippen molar-refractivity contribution >= 4 is 17.5 Å². The quantitative estimate of drug-likeness (QED) is 0.412. The van der Waals surface area contributed by atoms with E-state index >= 15 is 0 Å². The van der Waals surface area contributed by atoms with Gasteiger partial charge in [0, 0.05) is 30.8 Å². The van der Waals surface area contributed by atoms with Crippen LogP contribution in [0.1, 0.15) is 37.8 Å². The third-order valence-electron chi connectivity index (χ3n) is 4.43. The number of thioether (sulfide) groups is 1. The van der Waals surface area contributed by atoms with E-state index in [2.05, 4.69) is 41.2 Å². The van der Waals surface area contributed by atoms with E-state index in [1.165, 1.54) is 29.6 Å². The summed E-state index contributed by atoms with van der Waals surface area (Å²) in [7, 11) is 0. The van der Waals surface area contributed by atoms with E-state index < -0.39 is 5.95 Å². The molecule has 2 aromatic heterocycles. The van der Waals surface area contributed by atoms with E-state index in [0.717, 1.165) is 5.56 Å². The van der Waals surface area contributed by atoms with Gasteiger partial charge in [-0.05, 0) is 30.0 Å². The van der Waals surface area contributed by atoms with E-state index in [9.17, 15) is 9.18 Å². The monoisotopic (exact) mass is 398 g/mol. The molecule has 0 saturated heterocycles. The number of rotatable bonds is 8. The largest absolute Gasteiger partial charge is 0.302 e. The molecule has 0 saturated carbocycles. The van der Waals surface area contributed by atoms with Gasteiger partial charge in [0.25, 0.3) is 0 Å². The SMILES string of the molecule is CCn1c(SCC(=O)Cc2ccc(C(C)C)cc2)nnc1-c1ccnc(F)c1. The molecule has 0 aliphatic rings. The van der Waals surface area contributed by atoms with Gasteiger partial charge in [-0.15, -0.1) is 10.2 Å². The highest BCUT2D eigenvalue weighted by Gasteiger charge is 2.15. The number of Topliss-reactive ketones (excluding diaryl/α,β-unsaturated/α-hetero) is 1. The second-order valence-corrected chi connectivity index (χ2v) is 7.76. The predicted molar refractivity (Wildman–Crippen MR) is 109 cm³/mol. The third-order valence-corrected chi connectivity index (χ3v) is 5.45. The Bertz CT molecular complexity index is 953. The zero-order valence-corrected chi connectivity index (χ0v) is 17.0. The van der Waals surface area contributed by atoms with Crippen molar-refractivity contribution in [2.24, 2.45) is 0 Å². The minimum atomic E-state index is -0.559. The molecule has 0 aliphatic heterocycles. The van der Waals surface area contributed by atoms with Crippen molar-refractivity contribution in [3.05, 3.63) is 59.7 Å². The van der Waals surface area contributed by atoms with Gasteiger partial charge in [-0.2, -0.15) is 4.39 Å². The molecule has 0 N–H and O–H groups in total. The topological polar surface area (TPSA) is 60.7 Å². The number of ketones is 1. The molecule has 0 bridgehead atoms. The molecule has 5 nitrogen and oxygen atoms in total. The number of hydrogen-bond acceptors (Lipinski definition) is 5. The average Bonchev–Trinajstić information content (AvgIpc) is 3.09. The molecule has 0 atom stereocenters. The van der Waals surface area contributed by atoms with Crippen LogP contribution in [0.15, 0.2) is 47.8 Å². The predicted octanol–water partition coefficient (Wildman–Crippen LogP) is 4.53. The lowest BCUT2D eigenvalue weighted by molar-refractivity contribution is -0.116. The molecule has 0 spiro atoms. The molecule has 0 aliphatic carbocycles. The highest BCUT2D eigenvalue weighted by Crippen LogP contribution is 2.24. The fourth-order valence-electron chi connectivity index (χ4n) is 2.88. The minimum absolute atomic E-state index is 0.129. The van der Waals surface area contributed by atoms with Crippen LogP contribution in [-0.2, 0) is 17.8 Å². The van der Waals surface area contributed by atoms with Crippen LogP contribution in [-0.4, -0.2) is 31.3 Å². The van der Waals surface area contributed by atoms with E-state index in [1.807, 2.05) is 23.6 Å². The smallest absolute Gasteiger partial charge is 0.213 e. The number of carbonyl (C=O) groups excluding carboxylic acids is 1. The summed E-state index contributed by atoms with van der Waals surface area (Å²) in [5, 5.41) is 9.01. The Morgan fingerprint density at radius 2 is 1.93 bits per heavy atom. The summed E-state index contributed by atoms with van der Waals surface area (Å²) in [6.45, 7) is 6.89. The van der Waals surface area contributed by atoms with Gasteiger partial charge in [0.15, 0.2) is 11.0 Å². The van der Waals surface area contributed by atoms with Gasteiger partial charge in [0.1, 0.15) is 5.78 Å². The van der Waals surface area contributed by atoms with Crippen LogP contribution in [0.2, 0.25) is 0 Å². The highest BCUT2D eigenvalue weighted by molar-refractivity contribution is 7.99. The number of aromatic nitrogens is 4. The molecule has 146 valence electrons. The molecular weight excluding hydrogens is 375 g/mol. The van der Waals surface area contributed by atoms with Crippen LogP contribution in [0, 0.1) is 5.95 Å². The fourth-order valence-corrected chi connectivity index (χ4v) is 3.74. The summed E-state index contributed by atoms with van der Waals surface area (Å²) in [4.78, 5) is 16.0. The molecule has 3 aromatic rings. The van der Waals surface area contributed by atoms with Crippen molar-refractivity contribution in [1.82, 2.24) is 19.7 Å². The molecule has 2 heterocycles. The Labute approximate surface area is 168 Å². The second-order valence-electron chi connectivity index (χ2n) is 6.82. The van der Waals surface area contributed by atoms with Crippen LogP contribution >= 0.6 is 11.8 Å². The summed E-state index contributed by atoms with van der Waals surface area (Å²) in [6.07, 6.45) is 1.80. The zero-order chi connectivity index (χ0) is 20.1. The van der Waals surface area contributed by atoms with Crippen molar-refractivity contribution in [2.45, 2.75) is 44.8 Å². The molecule has 28 heavy (non-hydrogen) atoms. The number of carbonyl (C=O) groups is 1. The zero-order valence-electron chi connectivity index (χ0n) is 16.2. The summed E-state index contributed by atoms with van der Waals surface area (Å²) in [5.41, 5.74) is 2.90. The Balaban J connectivity index is 1.65. The van der Waals surface area contributed by atoms with E-state index in [4.69, 9.17) is 0 Å². The first-order valence-corrected chi connectivity index (χ1v) is 10.2. The second kappa shape index (κ2) is 9.10. The summed E-state index contributed by atoms with van der Waals surface area (Å²) in [5.74, 6) is 0.932. The maximum absolute atomic E-state index is 13.4. The average molecular weight is 399 g/mol. The first-order valence-electron chi connectivity index (χ1n) is 9.26. The highest BCUT2D eigenvalue weighted by atomic mass is 32.2. The Morgan fingerprint density at radius 3 is 2.57 bits per heavy atom. The third kappa shape index (κ3) is 4.84. The molecule has 7 heteroatoms. The van der Waals surface area contributed by atoms with Crippen molar-refractivity contribution in [2.75, 3.05) is 5.75 Å². The first kappa shape index (κ1) is 20.2. The van der Waals surface area contributed by atoms with Crippen LogP contribution in [0.5, 0.6) is 0 Å². The molecule has 0 fully saturated rings. The van der Waals surface area contributed by atoms with Crippen LogP contribution in [0.3, 0.4) is 0 Å². The molecule has 0 unspecified atom stereocenters. The fraction of sp³-hybridized carbons (Fsp3) is 0.333. The molecule has 0 amide bonds. The number of pyridine rings is 1. The van der Waals surface area contributed by atoms with Crippen LogP contribution < -0.4 is 0 Å². The van der Waals surface area contributed by atoms with Crippen molar-refractivity contribution in [1.29, 1.82) is 0 Å². The number of hydrogen-bond donors (Lipinski definition) is 0. The van der Waals surface area contributed by atoms with Crippen molar-refractivity contribution in [3.63, 3.8) is 0 Å². The van der Waals surface area contributed by atoms with Gasteiger partial charge in [0.05, 0.1) is 5.75 Å². The van der Waals surface area contributed by atoms with E-state index in [0.29, 0.717) is 41.2 Å². The Morgan fingerprint density at radius 1 is 1.18 bits per heavy atom. The van der Waals surface area contributed by atoms with Gasteiger partial charge in [-0.25, -0.2) is 4.98 Å². The standard InChI is InChI=1S/C21H23FN4OS/c1-4-26-20(17-9-10-23-19(22)12-17)24-25-21(26)28-13-18(27)11-15-5-7-16(8-6-15)14(2)3/h5-10,12,14H,4,11,13H2,1-3H3. The summed E-state index contributed by atoms with van der Waals surface area (Å²) >= 11 is 1.36. The van der Waals surface area contributed by atoms with Gasteiger partial charge >= 0.3 is 0 Å². The van der Waals surface area contributed by atoms with Gasteiger partial charge in [-0.1, -0.05) is 49.9 Å². The van der Waals surface area contributed by atoms with Crippen LogP contribution in [0.25, 0.3) is 11.4 Å². The Hall–Kier alpha value is -2.54. The normalized spacial score (nSPS) is 11.2. The van der Waals surface area contributed by atoms with E-state index in [-0.39, 0.29) is 5.78 Å². The lowest BCUT2D eigenvalue weighted by Crippen LogP contribution is -2.07. The molecule has 0 radical (unpaired) electrons. The first-order chi connectivity index (χ1) is 13.5. The molecular formula is C21H23FN4OS. The Kier molecular flexibility index (Phi) is 6.57. The summed E-state index contributed by atoms with van der Waals surface area (Å²) in [6, 6.07) is 11.2. The van der Waals surface area contributed by atoms with Gasteiger partial charge in [-0.3, -0.25) is 4.79 Å². The lowest BCUT2D eigenvalue weighted by Gasteiger charge is -2.08.